The molecule has 2 aliphatic heterocycles. The van der Waals surface area contributed by atoms with Crippen LogP contribution in [0.1, 0.15) is 25.7 Å². The van der Waals surface area contributed by atoms with Gasteiger partial charge in [0.2, 0.25) is 0 Å². The molecule has 0 unspecified atom stereocenters. The van der Waals surface area contributed by atoms with Gasteiger partial charge in [-0.05, 0) is 32.2 Å². The summed E-state index contributed by atoms with van der Waals surface area (Å²) in [5.41, 5.74) is 5.76. The van der Waals surface area contributed by atoms with E-state index in [0.29, 0.717) is 6.04 Å². The van der Waals surface area contributed by atoms with Crippen LogP contribution in [0.25, 0.3) is 0 Å². The first-order valence-corrected chi connectivity index (χ1v) is 5.45. The molecule has 0 amide bonds. The molecule has 2 fully saturated rings. The average molecular weight is 184 g/mol. The van der Waals surface area contributed by atoms with Gasteiger partial charge in [0.05, 0.1) is 0 Å². The second-order valence-corrected chi connectivity index (χ2v) is 4.11. The quantitative estimate of drug-likeness (QED) is 0.682. The van der Waals surface area contributed by atoms with Crippen molar-refractivity contribution < 1.29 is 4.74 Å². The molecule has 0 aromatic heterocycles. The predicted octanol–water partition coefficient (Wildman–Crippen LogP) is 0.588. The lowest BCUT2D eigenvalue weighted by atomic mass is 10.1. The van der Waals surface area contributed by atoms with E-state index in [4.69, 9.17) is 10.5 Å². The van der Waals surface area contributed by atoms with Crippen LogP contribution in [0.4, 0.5) is 0 Å². The van der Waals surface area contributed by atoms with Gasteiger partial charge in [-0.3, -0.25) is 4.90 Å². The van der Waals surface area contributed by atoms with Crippen molar-refractivity contribution in [2.24, 2.45) is 5.73 Å². The Morgan fingerprint density at radius 2 is 2.00 bits per heavy atom. The molecular formula is C10H20N2O. The summed E-state index contributed by atoms with van der Waals surface area (Å²) in [5.74, 6) is 0. The van der Waals surface area contributed by atoms with Crippen LogP contribution >= 0.6 is 0 Å². The zero-order chi connectivity index (χ0) is 9.10. The molecule has 0 saturated carbocycles. The van der Waals surface area contributed by atoms with E-state index in [2.05, 4.69) is 4.90 Å². The van der Waals surface area contributed by atoms with E-state index in [-0.39, 0.29) is 0 Å². The maximum Gasteiger partial charge on any atom is 0.0480 e. The third-order valence-corrected chi connectivity index (χ3v) is 3.35. The summed E-state index contributed by atoms with van der Waals surface area (Å²) in [6.07, 6.45) is 5.04. The molecule has 13 heavy (non-hydrogen) atoms. The van der Waals surface area contributed by atoms with Gasteiger partial charge in [-0.2, -0.15) is 0 Å². The first kappa shape index (κ1) is 9.44. The molecule has 2 aliphatic rings. The molecular weight excluding hydrogens is 164 g/mol. The Morgan fingerprint density at radius 1 is 1.23 bits per heavy atom. The maximum absolute atomic E-state index is 5.76. The topological polar surface area (TPSA) is 38.5 Å². The third kappa shape index (κ3) is 2.03. The highest BCUT2D eigenvalue weighted by molar-refractivity contribution is 4.86. The molecule has 0 radical (unpaired) electrons. The standard InChI is InChI=1S/C10H20N2O/c11-8-10-2-1-5-12(10)9-3-6-13-7-4-9/h9-10H,1-8,11H2/t10-/m0/s1. The summed E-state index contributed by atoms with van der Waals surface area (Å²) in [6.45, 7) is 3.97. The smallest absolute Gasteiger partial charge is 0.0480 e. The van der Waals surface area contributed by atoms with E-state index in [1.807, 2.05) is 0 Å². The molecule has 76 valence electrons. The van der Waals surface area contributed by atoms with Crippen molar-refractivity contribution >= 4 is 0 Å². The van der Waals surface area contributed by atoms with E-state index in [9.17, 15) is 0 Å². The molecule has 2 heterocycles. The normalized spacial score (nSPS) is 32.5. The lowest BCUT2D eigenvalue weighted by molar-refractivity contribution is 0.0305. The van der Waals surface area contributed by atoms with Crippen LogP contribution in [0.2, 0.25) is 0 Å². The van der Waals surface area contributed by atoms with Crippen LogP contribution < -0.4 is 5.73 Å². The minimum atomic E-state index is 0.656. The first-order valence-electron chi connectivity index (χ1n) is 5.45. The fourth-order valence-corrected chi connectivity index (χ4v) is 2.61. The predicted molar refractivity (Wildman–Crippen MR) is 52.6 cm³/mol. The highest BCUT2D eigenvalue weighted by Gasteiger charge is 2.30. The van der Waals surface area contributed by atoms with E-state index < -0.39 is 0 Å². The number of nitrogens with two attached hydrogens (primary N) is 1. The number of rotatable bonds is 2. The number of hydrogen-bond donors (Lipinski definition) is 1. The Bertz CT molecular complexity index is 157. The maximum atomic E-state index is 5.76. The van der Waals surface area contributed by atoms with Crippen LogP contribution in [0.3, 0.4) is 0 Å². The van der Waals surface area contributed by atoms with Crippen molar-refractivity contribution in [3.05, 3.63) is 0 Å². The van der Waals surface area contributed by atoms with Crippen LogP contribution in [-0.4, -0.2) is 43.3 Å². The third-order valence-electron chi connectivity index (χ3n) is 3.35. The van der Waals surface area contributed by atoms with Gasteiger partial charge in [-0.1, -0.05) is 0 Å². The van der Waals surface area contributed by atoms with Crippen molar-refractivity contribution in [3.8, 4) is 0 Å². The number of ether oxygens (including phenoxy) is 1. The van der Waals surface area contributed by atoms with Crippen LogP contribution in [0.5, 0.6) is 0 Å². The van der Waals surface area contributed by atoms with E-state index >= 15 is 0 Å². The largest absolute Gasteiger partial charge is 0.381 e. The average Bonchev–Trinajstić information content (AvgIpc) is 2.67. The summed E-state index contributed by atoms with van der Waals surface area (Å²) >= 11 is 0. The van der Waals surface area contributed by atoms with Crippen molar-refractivity contribution in [1.29, 1.82) is 0 Å². The van der Waals surface area contributed by atoms with Crippen molar-refractivity contribution in [2.75, 3.05) is 26.3 Å². The van der Waals surface area contributed by atoms with Gasteiger partial charge < -0.3 is 10.5 Å². The molecule has 3 nitrogen and oxygen atoms in total. The molecule has 2 rings (SSSR count). The van der Waals surface area contributed by atoms with E-state index in [1.54, 1.807) is 0 Å². The molecule has 0 aromatic carbocycles. The fraction of sp³-hybridized carbons (Fsp3) is 1.00. The summed E-state index contributed by atoms with van der Waals surface area (Å²) in [4.78, 5) is 2.61. The molecule has 0 aromatic rings. The lowest BCUT2D eigenvalue weighted by Crippen LogP contribution is -2.45. The lowest BCUT2D eigenvalue weighted by Gasteiger charge is -2.34. The van der Waals surface area contributed by atoms with E-state index in [0.717, 1.165) is 25.8 Å². The van der Waals surface area contributed by atoms with Gasteiger partial charge in [0, 0.05) is 31.8 Å². The summed E-state index contributed by atoms with van der Waals surface area (Å²) in [7, 11) is 0. The Morgan fingerprint density at radius 3 is 2.69 bits per heavy atom. The zero-order valence-corrected chi connectivity index (χ0v) is 8.24. The molecule has 0 aliphatic carbocycles. The molecule has 3 heteroatoms. The second kappa shape index (κ2) is 4.40. The molecule has 1 atom stereocenters. The van der Waals surface area contributed by atoms with Gasteiger partial charge >= 0.3 is 0 Å². The summed E-state index contributed by atoms with van der Waals surface area (Å²) < 4.78 is 5.37. The second-order valence-electron chi connectivity index (χ2n) is 4.11. The van der Waals surface area contributed by atoms with Crippen molar-refractivity contribution in [1.82, 2.24) is 4.90 Å². The molecule has 0 spiro atoms. The van der Waals surface area contributed by atoms with Gasteiger partial charge in [-0.25, -0.2) is 0 Å². The molecule has 0 bridgehead atoms. The van der Waals surface area contributed by atoms with Crippen LogP contribution in [0.15, 0.2) is 0 Å². The van der Waals surface area contributed by atoms with Gasteiger partial charge in [0.25, 0.3) is 0 Å². The Balaban J connectivity index is 1.90. The van der Waals surface area contributed by atoms with E-state index in [1.165, 1.54) is 32.2 Å². The number of hydrogen-bond acceptors (Lipinski definition) is 3. The zero-order valence-electron chi connectivity index (χ0n) is 8.24. The minimum Gasteiger partial charge on any atom is -0.381 e. The molecule has 2 N–H and O–H groups in total. The Kier molecular flexibility index (Phi) is 3.19. The van der Waals surface area contributed by atoms with Gasteiger partial charge in [0.1, 0.15) is 0 Å². The number of likely N-dealkylation sites (tertiary alicyclic amines) is 1. The monoisotopic (exact) mass is 184 g/mol. The minimum absolute atomic E-state index is 0.656. The molecule has 2 saturated heterocycles. The van der Waals surface area contributed by atoms with Crippen molar-refractivity contribution in [2.45, 2.75) is 37.8 Å². The fourth-order valence-electron chi connectivity index (χ4n) is 2.61. The highest BCUT2D eigenvalue weighted by atomic mass is 16.5. The Hall–Kier alpha value is -0.120. The van der Waals surface area contributed by atoms with Crippen LogP contribution in [0, 0.1) is 0 Å². The highest BCUT2D eigenvalue weighted by Crippen LogP contribution is 2.24. The van der Waals surface area contributed by atoms with Crippen LogP contribution in [-0.2, 0) is 4.74 Å². The SMILES string of the molecule is NC[C@@H]1CCCN1C1CCOCC1. The Labute approximate surface area is 80.2 Å². The summed E-state index contributed by atoms with van der Waals surface area (Å²) in [5, 5.41) is 0. The first-order chi connectivity index (χ1) is 6.42. The van der Waals surface area contributed by atoms with Gasteiger partial charge in [-0.15, -0.1) is 0 Å². The van der Waals surface area contributed by atoms with Crippen molar-refractivity contribution in [3.63, 3.8) is 0 Å². The summed E-state index contributed by atoms with van der Waals surface area (Å²) in [6, 6.07) is 1.41. The van der Waals surface area contributed by atoms with Gasteiger partial charge in [0.15, 0.2) is 0 Å². The number of nitrogens with zero attached hydrogens (tertiary/aromatic N) is 1.